The van der Waals surface area contributed by atoms with E-state index in [1.54, 1.807) is 68.6 Å². The molecular weight excluding hydrogens is 553 g/mol. The Bertz CT molecular complexity index is 1200. The molecule has 0 spiro atoms. The van der Waals surface area contributed by atoms with Crippen molar-refractivity contribution in [3.8, 4) is 0 Å². The Kier molecular flexibility index (Phi) is 11.9. The molecule has 1 aliphatic heterocycles. The Labute approximate surface area is 243 Å². The van der Waals surface area contributed by atoms with Gasteiger partial charge in [0.15, 0.2) is 0 Å². The van der Waals surface area contributed by atoms with Crippen molar-refractivity contribution < 1.29 is 37.1 Å². The van der Waals surface area contributed by atoms with Gasteiger partial charge < -0.3 is 25.2 Å². The van der Waals surface area contributed by atoms with E-state index in [-0.39, 0.29) is 32.7 Å². The minimum Gasteiger partial charge on any atom is -0.461 e. The Hall–Kier alpha value is -3.93. The molecule has 1 heterocycles. The zero-order valence-electron chi connectivity index (χ0n) is 23.7. The third-order valence-corrected chi connectivity index (χ3v) is 7.19. The highest BCUT2D eigenvalue weighted by Gasteiger charge is 2.44. The van der Waals surface area contributed by atoms with Gasteiger partial charge in [-0.2, -0.15) is 13.2 Å². The number of likely N-dealkylation sites (N-methyl/N-ethyl adjacent to an activating group) is 1. The van der Waals surface area contributed by atoms with Gasteiger partial charge in [-0.3, -0.25) is 19.2 Å². The van der Waals surface area contributed by atoms with Crippen LogP contribution < -0.4 is 10.6 Å². The maximum atomic E-state index is 13.7. The molecule has 0 unspecified atom stereocenters. The van der Waals surface area contributed by atoms with Crippen molar-refractivity contribution in [3.63, 3.8) is 0 Å². The number of likely N-dealkylation sites (tertiary alicyclic amines) is 1. The van der Waals surface area contributed by atoms with Crippen molar-refractivity contribution in [1.29, 1.82) is 0 Å². The van der Waals surface area contributed by atoms with Crippen molar-refractivity contribution in [2.75, 3.05) is 26.7 Å². The normalized spacial score (nSPS) is 16.4. The molecule has 3 amide bonds. The van der Waals surface area contributed by atoms with E-state index in [0.29, 0.717) is 12.8 Å². The number of hydrogen-bond donors (Lipinski definition) is 2. The molecule has 0 aliphatic carbocycles. The maximum absolute atomic E-state index is 13.7. The van der Waals surface area contributed by atoms with Gasteiger partial charge in [-0.05, 0) is 44.4 Å². The van der Waals surface area contributed by atoms with E-state index in [0.717, 1.165) is 16.0 Å². The number of carbonyl (C=O) groups excluding carboxylic acids is 4. The van der Waals surface area contributed by atoms with Gasteiger partial charge in [0.2, 0.25) is 11.8 Å². The molecule has 1 saturated heterocycles. The van der Waals surface area contributed by atoms with Gasteiger partial charge in [-0.1, -0.05) is 60.7 Å². The van der Waals surface area contributed by atoms with Crippen LogP contribution in [0.25, 0.3) is 0 Å². The fraction of sp³-hybridized carbons (Fsp3) is 0.467. The van der Waals surface area contributed by atoms with Gasteiger partial charge in [-0.15, -0.1) is 0 Å². The van der Waals surface area contributed by atoms with E-state index in [1.807, 2.05) is 6.07 Å². The fourth-order valence-corrected chi connectivity index (χ4v) is 4.73. The number of nitrogens with one attached hydrogen (secondary N) is 2. The maximum Gasteiger partial charge on any atom is 0.471 e. The monoisotopic (exact) mass is 590 g/mol. The summed E-state index contributed by atoms with van der Waals surface area (Å²) < 4.78 is 45.8. The summed E-state index contributed by atoms with van der Waals surface area (Å²) >= 11 is 0. The van der Waals surface area contributed by atoms with Gasteiger partial charge in [0, 0.05) is 25.7 Å². The van der Waals surface area contributed by atoms with E-state index >= 15 is 0 Å². The predicted octanol–water partition coefficient (Wildman–Crippen LogP) is 2.84. The van der Waals surface area contributed by atoms with Crippen LogP contribution in [0.2, 0.25) is 0 Å². The standard InChI is InChI=1S/C30H37F3N4O5/c1-21(34-2)27(39)35-25(18-26(38)42-20-23-12-7-4-8-13-23)28(40)37-16-9-14-24(37)19-36(29(41)30(31,32)33)17-15-22-10-5-3-6-11-22/h3-8,10-13,21,24-25,34H,9,14-20H2,1-2H3,(H,35,39)/t21-,24-,25-/m0/s1. The van der Waals surface area contributed by atoms with Crippen LogP contribution in [0.4, 0.5) is 13.2 Å². The number of amides is 3. The zero-order valence-corrected chi connectivity index (χ0v) is 23.7. The first-order chi connectivity index (χ1) is 20.0. The van der Waals surface area contributed by atoms with E-state index in [2.05, 4.69) is 10.6 Å². The van der Waals surface area contributed by atoms with Gasteiger partial charge in [0.25, 0.3) is 0 Å². The molecule has 1 aliphatic rings. The molecule has 3 rings (SSSR count). The number of rotatable bonds is 13. The van der Waals surface area contributed by atoms with E-state index in [1.165, 1.54) is 4.90 Å². The molecule has 42 heavy (non-hydrogen) atoms. The smallest absolute Gasteiger partial charge is 0.461 e. The lowest BCUT2D eigenvalue weighted by Gasteiger charge is -2.33. The molecule has 1 fully saturated rings. The lowest BCUT2D eigenvalue weighted by molar-refractivity contribution is -0.186. The largest absolute Gasteiger partial charge is 0.471 e. The summed E-state index contributed by atoms with van der Waals surface area (Å²) in [5.41, 5.74) is 1.51. The zero-order chi connectivity index (χ0) is 30.7. The van der Waals surface area contributed by atoms with Gasteiger partial charge in [0.1, 0.15) is 12.6 Å². The first-order valence-corrected chi connectivity index (χ1v) is 13.9. The van der Waals surface area contributed by atoms with Crippen LogP contribution in [0.1, 0.15) is 37.3 Å². The van der Waals surface area contributed by atoms with Crippen LogP contribution in [-0.2, 0) is 36.9 Å². The van der Waals surface area contributed by atoms with Crippen LogP contribution in [0, 0.1) is 0 Å². The summed E-state index contributed by atoms with van der Waals surface area (Å²) in [5, 5.41) is 5.35. The molecule has 0 bridgehead atoms. The van der Waals surface area contributed by atoms with Gasteiger partial charge in [0.05, 0.1) is 12.5 Å². The van der Waals surface area contributed by atoms with Crippen molar-refractivity contribution in [1.82, 2.24) is 20.4 Å². The number of halogens is 3. The molecule has 2 aromatic carbocycles. The summed E-state index contributed by atoms with van der Waals surface area (Å²) in [6, 6.07) is 15.1. The average Bonchev–Trinajstić information content (AvgIpc) is 3.45. The topological polar surface area (TPSA) is 108 Å². The van der Waals surface area contributed by atoms with Crippen LogP contribution in [-0.4, -0.2) is 84.5 Å². The number of carbonyl (C=O) groups is 4. The Balaban J connectivity index is 1.74. The van der Waals surface area contributed by atoms with E-state index in [4.69, 9.17) is 4.74 Å². The molecule has 9 nitrogen and oxygen atoms in total. The summed E-state index contributed by atoms with van der Waals surface area (Å²) in [4.78, 5) is 53.5. The Morgan fingerprint density at radius 2 is 1.64 bits per heavy atom. The molecule has 2 aromatic rings. The number of ether oxygens (including phenoxy) is 1. The highest BCUT2D eigenvalue weighted by molar-refractivity contribution is 5.92. The molecule has 3 atom stereocenters. The predicted molar refractivity (Wildman–Crippen MR) is 149 cm³/mol. The highest BCUT2D eigenvalue weighted by atomic mass is 19.4. The number of benzene rings is 2. The summed E-state index contributed by atoms with van der Waals surface area (Å²) in [6.45, 7) is 1.25. The summed E-state index contributed by atoms with van der Waals surface area (Å²) in [5.74, 6) is -3.84. The number of alkyl halides is 3. The second-order valence-electron chi connectivity index (χ2n) is 10.2. The SMILES string of the molecule is CN[C@@H](C)C(=O)N[C@@H](CC(=O)OCc1ccccc1)C(=O)N1CCC[C@H]1CN(CCc1ccccc1)C(=O)C(F)(F)F. The Morgan fingerprint density at radius 1 is 1.02 bits per heavy atom. The van der Waals surface area contributed by atoms with Crippen molar-refractivity contribution >= 4 is 23.7 Å². The van der Waals surface area contributed by atoms with Gasteiger partial charge >= 0.3 is 18.1 Å². The first kappa shape index (κ1) is 32.6. The van der Waals surface area contributed by atoms with Crippen LogP contribution >= 0.6 is 0 Å². The lowest BCUT2D eigenvalue weighted by atomic mass is 10.1. The quantitative estimate of drug-likeness (QED) is 0.348. The summed E-state index contributed by atoms with van der Waals surface area (Å²) in [7, 11) is 1.56. The third kappa shape index (κ3) is 9.57. The van der Waals surface area contributed by atoms with Crippen LogP contribution in [0.15, 0.2) is 60.7 Å². The fourth-order valence-electron chi connectivity index (χ4n) is 4.73. The van der Waals surface area contributed by atoms with Crippen molar-refractivity contribution in [2.45, 2.75) is 63.5 Å². The minimum absolute atomic E-state index is 0.0241. The second-order valence-corrected chi connectivity index (χ2v) is 10.2. The van der Waals surface area contributed by atoms with E-state index in [9.17, 15) is 32.3 Å². The molecule has 0 radical (unpaired) electrons. The number of nitrogens with zero attached hydrogens (tertiary/aromatic N) is 2. The van der Waals surface area contributed by atoms with E-state index < -0.39 is 54.4 Å². The lowest BCUT2D eigenvalue weighted by Crippen LogP contribution is -2.56. The molecule has 228 valence electrons. The summed E-state index contributed by atoms with van der Waals surface area (Å²) in [6.07, 6.45) is -4.47. The second kappa shape index (κ2) is 15.3. The number of esters is 1. The van der Waals surface area contributed by atoms with Crippen molar-refractivity contribution in [2.24, 2.45) is 0 Å². The van der Waals surface area contributed by atoms with Crippen LogP contribution in [0.5, 0.6) is 0 Å². The molecule has 2 N–H and O–H groups in total. The van der Waals surface area contributed by atoms with Crippen LogP contribution in [0.3, 0.4) is 0 Å². The minimum atomic E-state index is -5.08. The molecule has 0 saturated carbocycles. The molecule has 0 aromatic heterocycles. The third-order valence-electron chi connectivity index (χ3n) is 7.19. The average molecular weight is 591 g/mol. The Morgan fingerprint density at radius 3 is 2.24 bits per heavy atom. The number of hydrogen-bond acceptors (Lipinski definition) is 6. The van der Waals surface area contributed by atoms with Gasteiger partial charge in [-0.25, -0.2) is 0 Å². The molecule has 12 heteroatoms. The van der Waals surface area contributed by atoms with Crippen molar-refractivity contribution in [3.05, 3.63) is 71.8 Å². The first-order valence-electron chi connectivity index (χ1n) is 13.9. The highest BCUT2D eigenvalue weighted by Crippen LogP contribution is 2.24. The molecular formula is C30H37F3N4O5.